The van der Waals surface area contributed by atoms with Gasteiger partial charge in [-0.15, -0.1) is 11.3 Å². The first-order valence-corrected chi connectivity index (χ1v) is 5.74. The number of thiazole rings is 1. The quantitative estimate of drug-likeness (QED) is 0.855. The van der Waals surface area contributed by atoms with Crippen molar-refractivity contribution in [3.63, 3.8) is 0 Å². The first kappa shape index (κ1) is 10.3. The molecule has 1 atom stereocenters. The lowest BCUT2D eigenvalue weighted by atomic mass is 10.1. The first-order valence-electron chi connectivity index (χ1n) is 4.79. The molecule has 0 aromatic carbocycles. The fourth-order valence-electron chi connectivity index (χ4n) is 1.44. The van der Waals surface area contributed by atoms with Gasteiger partial charge in [0.2, 0.25) is 0 Å². The average molecular weight is 223 g/mol. The maximum absolute atomic E-state index is 9.81. The molecule has 0 saturated carbocycles. The molecule has 15 heavy (non-hydrogen) atoms. The Bertz CT molecular complexity index is 410. The number of imidazole rings is 1. The number of aryl methyl sites for hydroxylation is 2. The van der Waals surface area contributed by atoms with Crippen LogP contribution in [0.3, 0.4) is 0 Å². The van der Waals surface area contributed by atoms with Crippen LogP contribution in [0.25, 0.3) is 0 Å². The Hall–Kier alpha value is -1.20. The van der Waals surface area contributed by atoms with Crippen molar-refractivity contribution in [2.75, 3.05) is 0 Å². The van der Waals surface area contributed by atoms with Crippen molar-refractivity contribution >= 4 is 11.3 Å². The predicted molar refractivity (Wildman–Crippen MR) is 58.6 cm³/mol. The smallest absolute Gasteiger partial charge is 0.108 e. The Kier molecular flexibility index (Phi) is 3.13. The summed E-state index contributed by atoms with van der Waals surface area (Å²) in [5.41, 5.74) is 2.49. The maximum Gasteiger partial charge on any atom is 0.108 e. The molecule has 0 radical (unpaired) electrons. The summed E-state index contributed by atoms with van der Waals surface area (Å²) in [6.07, 6.45) is 4.62. The van der Waals surface area contributed by atoms with Crippen LogP contribution in [-0.2, 0) is 13.5 Å². The summed E-state index contributed by atoms with van der Waals surface area (Å²) in [4.78, 5) is 8.28. The summed E-state index contributed by atoms with van der Waals surface area (Å²) >= 11 is 1.50. The van der Waals surface area contributed by atoms with Gasteiger partial charge >= 0.3 is 0 Å². The molecule has 0 saturated heterocycles. The monoisotopic (exact) mass is 223 g/mol. The third-order valence-corrected chi connectivity index (χ3v) is 2.96. The lowest BCUT2D eigenvalue weighted by Gasteiger charge is -2.07. The molecule has 2 aromatic heterocycles. The highest BCUT2D eigenvalue weighted by Crippen LogP contribution is 2.17. The zero-order valence-corrected chi connectivity index (χ0v) is 9.31. The summed E-state index contributed by atoms with van der Waals surface area (Å²) in [5, 5.41) is 11.7. The average Bonchev–Trinajstić information content (AvgIpc) is 2.85. The van der Waals surface area contributed by atoms with Gasteiger partial charge in [0.25, 0.3) is 0 Å². The second-order valence-electron chi connectivity index (χ2n) is 3.42. The molecule has 0 bridgehead atoms. The van der Waals surface area contributed by atoms with Gasteiger partial charge < -0.3 is 9.67 Å². The molecular weight excluding hydrogens is 210 g/mol. The standard InChI is InChI=1S/C10H13N3OS/c1-13-5-4-11-10(13)3-2-9(14)8-6-15-7-12-8/h4-7,9,14H,2-3H2,1H3. The summed E-state index contributed by atoms with van der Waals surface area (Å²) in [5.74, 6) is 0.990. The van der Waals surface area contributed by atoms with Crippen LogP contribution in [0.1, 0.15) is 24.0 Å². The van der Waals surface area contributed by atoms with Gasteiger partial charge in [0.1, 0.15) is 5.82 Å². The van der Waals surface area contributed by atoms with Crippen LogP contribution < -0.4 is 0 Å². The zero-order valence-electron chi connectivity index (χ0n) is 8.50. The number of nitrogens with zero attached hydrogens (tertiary/aromatic N) is 3. The summed E-state index contributed by atoms with van der Waals surface area (Å²) in [7, 11) is 1.96. The van der Waals surface area contributed by atoms with Crippen molar-refractivity contribution in [1.29, 1.82) is 0 Å². The van der Waals surface area contributed by atoms with Gasteiger partial charge in [-0.2, -0.15) is 0 Å². The highest BCUT2D eigenvalue weighted by Gasteiger charge is 2.10. The number of aliphatic hydroxyl groups is 1. The molecule has 1 N–H and O–H groups in total. The van der Waals surface area contributed by atoms with E-state index in [2.05, 4.69) is 9.97 Å². The third-order valence-electron chi connectivity index (χ3n) is 2.36. The highest BCUT2D eigenvalue weighted by atomic mass is 32.1. The molecule has 5 heteroatoms. The molecular formula is C10H13N3OS. The van der Waals surface area contributed by atoms with Crippen LogP contribution in [0.2, 0.25) is 0 Å². The van der Waals surface area contributed by atoms with Crippen LogP contribution in [0, 0.1) is 0 Å². The lowest BCUT2D eigenvalue weighted by molar-refractivity contribution is 0.163. The van der Waals surface area contributed by atoms with Crippen molar-refractivity contribution in [3.05, 3.63) is 34.8 Å². The van der Waals surface area contributed by atoms with E-state index in [-0.39, 0.29) is 0 Å². The molecule has 0 amide bonds. The normalized spacial score (nSPS) is 12.9. The van der Waals surface area contributed by atoms with E-state index in [9.17, 15) is 5.11 Å². The minimum Gasteiger partial charge on any atom is -0.387 e. The molecule has 4 nitrogen and oxygen atoms in total. The van der Waals surface area contributed by atoms with Gasteiger partial charge in [-0.25, -0.2) is 9.97 Å². The molecule has 0 spiro atoms. The second-order valence-corrected chi connectivity index (χ2v) is 4.14. The van der Waals surface area contributed by atoms with Gasteiger partial charge in [0, 0.05) is 31.2 Å². The minimum atomic E-state index is -0.479. The topological polar surface area (TPSA) is 50.9 Å². The Morgan fingerprint density at radius 1 is 1.53 bits per heavy atom. The molecule has 1 unspecified atom stereocenters. The van der Waals surface area contributed by atoms with E-state index in [0.717, 1.165) is 17.9 Å². The second kappa shape index (κ2) is 4.55. The molecule has 0 aliphatic heterocycles. The number of hydrogen-bond donors (Lipinski definition) is 1. The molecule has 2 heterocycles. The molecule has 80 valence electrons. The van der Waals surface area contributed by atoms with Crippen molar-refractivity contribution in [1.82, 2.24) is 14.5 Å². The predicted octanol–water partition coefficient (Wildman–Crippen LogP) is 1.54. The fourth-order valence-corrected chi connectivity index (χ4v) is 2.04. The third kappa shape index (κ3) is 2.43. The Morgan fingerprint density at radius 2 is 2.40 bits per heavy atom. The van der Waals surface area contributed by atoms with Crippen molar-refractivity contribution in [2.24, 2.45) is 7.05 Å². The van der Waals surface area contributed by atoms with Crippen LogP contribution in [-0.4, -0.2) is 19.6 Å². The summed E-state index contributed by atoms with van der Waals surface area (Å²) in [6.45, 7) is 0. The lowest BCUT2D eigenvalue weighted by Crippen LogP contribution is -2.03. The van der Waals surface area contributed by atoms with Crippen LogP contribution in [0.4, 0.5) is 0 Å². The van der Waals surface area contributed by atoms with Crippen molar-refractivity contribution in [2.45, 2.75) is 18.9 Å². The molecule has 0 fully saturated rings. The Morgan fingerprint density at radius 3 is 3.00 bits per heavy atom. The van der Waals surface area contributed by atoms with Gasteiger partial charge in [0.05, 0.1) is 17.3 Å². The summed E-state index contributed by atoms with van der Waals surface area (Å²) in [6, 6.07) is 0. The van der Waals surface area contributed by atoms with E-state index in [1.165, 1.54) is 11.3 Å². The van der Waals surface area contributed by atoms with Gasteiger partial charge in [0.15, 0.2) is 0 Å². The van der Waals surface area contributed by atoms with E-state index in [4.69, 9.17) is 0 Å². The highest BCUT2D eigenvalue weighted by molar-refractivity contribution is 7.07. The number of aliphatic hydroxyl groups excluding tert-OH is 1. The van der Waals surface area contributed by atoms with Gasteiger partial charge in [-0.05, 0) is 6.42 Å². The van der Waals surface area contributed by atoms with E-state index >= 15 is 0 Å². The van der Waals surface area contributed by atoms with Gasteiger partial charge in [-0.1, -0.05) is 0 Å². The molecule has 0 aliphatic carbocycles. The van der Waals surface area contributed by atoms with E-state index in [1.54, 1.807) is 11.7 Å². The summed E-state index contributed by atoms with van der Waals surface area (Å²) < 4.78 is 1.97. The molecule has 0 aliphatic rings. The number of hydrogen-bond acceptors (Lipinski definition) is 4. The zero-order chi connectivity index (χ0) is 10.7. The Balaban J connectivity index is 1.91. The molecule has 2 rings (SSSR count). The van der Waals surface area contributed by atoms with Crippen molar-refractivity contribution in [3.8, 4) is 0 Å². The largest absolute Gasteiger partial charge is 0.387 e. The van der Waals surface area contributed by atoms with Crippen LogP contribution >= 0.6 is 11.3 Å². The van der Waals surface area contributed by atoms with Crippen LogP contribution in [0.15, 0.2) is 23.3 Å². The Labute approximate surface area is 92.2 Å². The SMILES string of the molecule is Cn1ccnc1CCC(O)c1cscn1. The van der Waals surface area contributed by atoms with E-state index in [1.807, 2.05) is 23.2 Å². The van der Waals surface area contributed by atoms with Gasteiger partial charge in [-0.3, -0.25) is 0 Å². The minimum absolute atomic E-state index is 0.479. The number of rotatable bonds is 4. The maximum atomic E-state index is 9.81. The first-order chi connectivity index (χ1) is 7.27. The fraction of sp³-hybridized carbons (Fsp3) is 0.400. The van der Waals surface area contributed by atoms with E-state index in [0.29, 0.717) is 6.42 Å². The van der Waals surface area contributed by atoms with Crippen molar-refractivity contribution < 1.29 is 5.11 Å². The number of aromatic nitrogens is 3. The van der Waals surface area contributed by atoms with E-state index < -0.39 is 6.10 Å². The van der Waals surface area contributed by atoms with Crippen LogP contribution in [0.5, 0.6) is 0 Å². The molecule has 2 aromatic rings.